The minimum Gasteiger partial charge on any atom is -0.504 e. The number of aromatic hydroxyl groups is 1. The van der Waals surface area contributed by atoms with Gasteiger partial charge in [0.25, 0.3) is 0 Å². The molecule has 1 saturated heterocycles. The number of Topliss-reactive ketones (excluding diaryl/α,β-unsaturated/α-hetero) is 1. The average molecular weight is 534 g/mol. The van der Waals surface area contributed by atoms with Crippen molar-refractivity contribution in [3.8, 4) is 11.5 Å². The van der Waals surface area contributed by atoms with E-state index in [4.69, 9.17) is 9.84 Å². The minimum atomic E-state index is -0.874. The number of carboxylic acids is 1. The van der Waals surface area contributed by atoms with Gasteiger partial charge in [0.1, 0.15) is 0 Å². The number of phenols is 1. The summed E-state index contributed by atoms with van der Waals surface area (Å²) in [4.78, 5) is 65.7. The number of imide groups is 1. The summed E-state index contributed by atoms with van der Waals surface area (Å²) in [5.74, 6) is -3.89. The Hall–Kier alpha value is -4.01. The third-order valence-electron chi connectivity index (χ3n) is 8.46. The Bertz CT molecular complexity index is 1380. The quantitative estimate of drug-likeness (QED) is 0.224. The molecule has 9 nitrogen and oxygen atoms in total. The molecule has 1 aromatic carbocycles. The standard InChI is InChI=1S/C30H31NO8/c1-15-12-22(33)27-20(28(15)36)14-19-17(25(27)16-7-10-21(32)23(13-16)39-2)8-9-18-26(19)30(38)31(29(18)37)11-5-3-4-6-24(34)35/h7-8,10,12-13,18-19,25-26,32H,3-6,9,11,14H2,1-2H3,(H,34,35)/t18-,19+,25-,26-/m0/s1. The number of likely N-dealkylation sites (tertiary alicyclic amines) is 1. The highest BCUT2D eigenvalue weighted by atomic mass is 16.5. The van der Waals surface area contributed by atoms with Crippen LogP contribution < -0.4 is 4.74 Å². The highest BCUT2D eigenvalue weighted by Gasteiger charge is 2.56. The second-order valence-electron chi connectivity index (χ2n) is 10.7. The first-order valence-corrected chi connectivity index (χ1v) is 13.3. The molecule has 0 radical (unpaired) electrons. The molecule has 2 N–H and O–H groups in total. The molecule has 4 atom stereocenters. The van der Waals surface area contributed by atoms with Crippen LogP contribution in [0.4, 0.5) is 0 Å². The smallest absolute Gasteiger partial charge is 0.303 e. The van der Waals surface area contributed by atoms with Crippen LogP contribution in [0.3, 0.4) is 0 Å². The molecule has 3 aliphatic carbocycles. The number of hydrogen-bond donors (Lipinski definition) is 2. The number of methoxy groups -OCH3 is 1. The molecule has 0 bridgehead atoms. The molecule has 1 aliphatic heterocycles. The molecule has 1 heterocycles. The Morgan fingerprint density at radius 2 is 1.85 bits per heavy atom. The first kappa shape index (κ1) is 26.6. The fraction of sp³-hybridized carbons (Fsp3) is 0.433. The Morgan fingerprint density at radius 1 is 1.08 bits per heavy atom. The fourth-order valence-corrected chi connectivity index (χ4v) is 6.64. The highest BCUT2D eigenvalue weighted by molar-refractivity contribution is 6.23. The van der Waals surface area contributed by atoms with E-state index < -0.39 is 29.6 Å². The Balaban J connectivity index is 1.51. The van der Waals surface area contributed by atoms with Gasteiger partial charge >= 0.3 is 5.97 Å². The van der Waals surface area contributed by atoms with Crippen molar-refractivity contribution in [2.45, 2.75) is 51.4 Å². The maximum absolute atomic E-state index is 13.7. The number of phenolic OH excluding ortho intramolecular Hbond substituents is 1. The van der Waals surface area contributed by atoms with E-state index in [9.17, 15) is 29.1 Å². The van der Waals surface area contributed by atoms with Crippen LogP contribution in [-0.2, 0) is 24.0 Å². The summed E-state index contributed by atoms with van der Waals surface area (Å²) in [6.45, 7) is 1.84. The Morgan fingerprint density at radius 3 is 2.56 bits per heavy atom. The second-order valence-corrected chi connectivity index (χ2v) is 10.7. The van der Waals surface area contributed by atoms with E-state index in [0.29, 0.717) is 48.0 Å². The van der Waals surface area contributed by atoms with Crippen molar-refractivity contribution >= 4 is 29.4 Å². The highest BCUT2D eigenvalue weighted by Crippen LogP contribution is 2.55. The van der Waals surface area contributed by atoms with Gasteiger partial charge in [0.2, 0.25) is 11.8 Å². The third kappa shape index (κ3) is 4.49. The molecule has 5 rings (SSSR count). The number of rotatable bonds is 8. The summed E-state index contributed by atoms with van der Waals surface area (Å²) < 4.78 is 5.31. The molecule has 2 amide bonds. The van der Waals surface area contributed by atoms with Crippen LogP contribution in [0.15, 0.2) is 52.6 Å². The fourth-order valence-electron chi connectivity index (χ4n) is 6.64. The van der Waals surface area contributed by atoms with Crippen molar-refractivity contribution < 1.29 is 38.9 Å². The normalized spacial score (nSPS) is 26.2. The number of fused-ring (bicyclic) bond motifs is 3. The number of ketones is 2. The van der Waals surface area contributed by atoms with Crippen molar-refractivity contribution in [3.05, 3.63) is 58.2 Å². The maximum atomic E-state index is 13.7. The zero-order valence-corrected chi connectivity index (χ0v) is 21.9. The lowest BCUT2D eigenvalue weighted by Crippen LogP contribution is -2.39. The SMILES string of the molecule is COc1cc([C@H]2C3=CC[C@@H]4C(=O)N(CCCCCC(=O)O)C(=O)[C@@H]4[C@@H]3CC3=C2C(=O)C=C(C)C3=O)ccc1O. The van der Waals surface area contributed by atoms with Crippen molar-refractivity contribution in [2.75, 3.05) is 13.7 Å². The van der Waals surface area contributed by atoms with Crippen LogP contribution in [0.5, 0.6) is 11.5 Å². The number of carbonyl (C=O) groups is 5. The molecule has 0 spiro atoms. The van der Waals surface area contributed by atoms with E-state index in [1.165, 1.54) is 24.2 Å². The van der Waals surface area contributed by atoms with Crippen LogP contribution in [0.2, 0.25) is 0 Å². The van der Waals surface area contributed by atoms with Gasteiger partial charge in [-0.15, -0.1) is 0 Å². The molecular weight excluding hydrogens is 502 g/mol. The molecular formula is C30H31NO8. The number of hydrogen-bond acceptors (Lipinski definition) is 7. The van der Waals surface area contributed by atoms with Crippen LogP contribution in [0, 0.1) is 17.8 Å². The maximum Gasteiger partial charge on any atom is 0.303 e. The summed E-state index contributed by atoms with van der Waals surface area (Å²) in [6, 6.07) is 4.82. The number of allylic oxidation sites excluding steroid dienone is 6. The lowest BCUT2D eigenvalue weighted by molar-refractivity contribution is -0.141. The summed E-state index contributed by atoms with van der Waals surface area (Å²) in [7, 11) is 1.43. The zero-order chi connectivity index (χ0) is 28.0. The molecule has 0 aromatic heterocycles. The van der Waals surface area contributed by atoms with Crippen LogP contribution >= 0.6 is 0 Å². The van der Waals surface area contributed by atoms with Gasteiger partial charge < -0.3 is 14.9 Å². The largest absolute Gasteiger partial charge is 0.504 e. The zero-order valence-electron chi connectivity index (χ0n) is 21.9. The lowest BCUT2D eigenvalue weighted by Gasteiger charge is -2.42. The van der Waals surface area contributed by atoms with Crippen molar-refractivity contribution in [1.82, 2.24) is 4.90 Å². The van der Waals surface area contributed by atoms with E-state index in [1.807, 2.05) is 6.08 Å². The topological polar surface area (TPSA) is 138 Å². The number of amides is 2. The number of benzene rings is 1. The molecule has 204 valence electrons. The summed E-state index contributed by atoms with van der Waals surface area (Å²) >= 11 is 0. The first-order valence-electron chi connectivity index (χ1n) is 13.3. The van der Waals surface area contributed by atoms with E-state index in [0.717, 1.165) is 5.57 Å². The van der Waals surface area contributed by atoms with Crippen molar-refractivity contribution in [2.24, 2.45) is 17.8 Å². The van der Waals surface area contributed by atoms with Crippen molar-refractivity contribution in [1.29, 1.82) is 0 Å². The summed E-state index contributed by atoms with van der Waals surface area (Å²) in [6.07, 6.45) is 5.50. The van der Waals surface area contributed by atoms with E-state index in [2.05, 4.69) is 0 Å². The Labute approximate surface area is 225 Å². The number of ether oxygens (including phenoxy) is 1. The van der Waals surface area contributed by atoms with Crippen LogP contribution in [0.1, 0.15) is 56.9 Å². The molecule has 9 heteroatoms. The summed E-state index contributed by atoms with van der Waals surface area (Å²) in [5.41, 5.74) is 2.60. The van der Waals surface area contributed by atoms with Gasteiger partial charge in [-0.3, -0.25) is 28.9 Å². The van der Waals surface area contributed by atoms with Gasteiger partial charge in [0.15, 0.2) is 23.1 Å². The number of carboxylic acid groups (broad SMARTS) is 1. The molecule has 0 unspecified atom stereocenters. The van der Waals surface area contributed by atoms with E-state index >= 15 is 0 Å². The van der Waals surface area contributed by atoms with Gasteiger partial charge in [-0.25, -0.2) is 0 Å². The number of unbranched alkanes of at least 4 members (excludes halogenated alkanes) is 2. The second kappa shape index (κ2) is 10.3. The van der Waals surface area contributed by atoms with Crippen LogP contribution in [0.25, 0.3) is 0 Å². The van der Waals surface area contributed by atoms with Crippen molar-refractivity contribution in [3.63, 3.8) is 0 Å². The number of nitrogens with zero attached hydrogens (tertiary/aromatic N) is 1. The predicted molar refractivity (Wildman–Crippen MR) is 139 cm³/mol. The lowest BCUT2D eigenvalue weighted by atomic mass is 9.59. The first-order chi connectivity index (χ1) is 18.6. The van der Waals surface area contributed by atoms with Gasteiger partial charge in [0.05, 0.1) is 18.9 Å². The van der Waals surface area contributed by atoms with Gasteiger partial charge in [0, 0.05) is 35.6 Å². The Kier molecular flexibility index (Phi) is 7.01. The van der Waals surface area contributed by atoms with Gasteiger partial charge in [-0.1, -0.05) is 24.1 Å². The predicted octanol–water partition coefficient (Wildman–Crippen LogP) is 3.48. The molecule has 0 saturated carbocycles. The average Bonchev–Trinajstić information content (AvgIpc) is 3.15. The van der Waals surface area contributed by atoms with Gasteiger partial charge in [-0.2, -0.15) is 0 Å². The third-order valence-corrected chi connectivity index (χ3v) is 8.46. The molecule has 39 heavy (non-hydrogen) atoms. The van der Waals surface area contributed by atoms with E-state index in [-0.39, 0.29) is 54.3 Å². The monoisotopic (exact) mass is 533 g/mol. The molecule has 1 aromatic rings. The number of aliphatic carboxylic acids is 1. The molecule has 1 fully saturated rings. The van der Waals surface area contributed by atoms with E-state index in [1.54, 1.807) is 19.1 Å². The summed E-state index contributed by atoms with van der Waals surface area (Å²) in [5, 5.41) is 19.0. The minimum absolute atomic E-state index is 0.0456. The molecule has 4 aliphatic rings. The van der Waals surface area contributed by atoms with Crippen LogP contribution in [-0.4, -0.2) is 58.1 Å². The number of carbonyl (C=O) groups excluding carboxylic acids is 4. The van der Waals surface area contributed by atoms with Gasteiger partial charge in [-0.05, 0) is 62.3 Å².